The molecule has 0 aromatic carbocycles. The number of nitrogens with one attached hydrogen (secondary N) is 1. The second-order valence-electron chi connectivity index (χ2n) is 2.79. The van der Waals surface area contributed by atoms with Crippen LogP contribution >= 0.6 is 0 Å². The van der Waals surface area contributed by atoms with Crippen molar-refractivity contribution < 1.29 is 9.84 Å². The normalized spacial score (nSPS) is 22.2. The van der Waals surface area contributed by atoms with Crippen molar-refractivity contribution in [2.75, 3.05) is 19.8 Å². The van der Waals surface area contributed by atoms with Gasteiger partial charge in [-0.1, -0.05) is 0 Å². The molecule has 1 aliphatic rings. The number of hydrogen-bond donors (Lipinski definition) is 2. The maximum atomic E-state index is 9.00. The van der Waals surface area contributed by atoms with E-state index in [-0.39, 0.29) is 6.61 Å². The molecule has 0 atom stereocenters. The Labute approximate surface area is 65.8 Å². The van der Waals surface area contributed by atoms with Crippen molar-refractivity contribution in [3.05, 3.63) is 0 Å². The van der Waals surface area contributed by atoms with Gasteiger partial charge in [0, 0.05) is 13.2 Å². The van der Waals surface area contributed by atoms with Crippen molar-refractivity contribution in [2.24, 2.45) is 0 Å². The van der Waals surface area contributed by atoms with Crippen LogP contribution in [0.5, 0.6) is 0 Å². The number of aliphatic hydroxyl groups is 1. The molecule has 1 saturated heterocycles. The van der Waals surface area contributed by atoms with E-state index in [4.69, 9.17) is 15.1 Å². The van der Waals surface area contributed by atoms with Crippen LogP contribution in [-0.2, 0) is 4.74 Å². The summed E-state index contributed by atoms with van der Waals surface area (Å²) >= 11 is 0. The number of nitrogens with zero attached hydrogens (tertiary/aromatic N) is 1. The predicted molar refractivity (Wildman–Crippen MR) is 38.6 cm³/mol. The molecule has 1 fully saturated rings. The average Bonchev–Trinajstić information content (AvgIpc) is 2.07. The molecular weight excluding hydrogens is 144 g/mol. The van der Waals surface area contributed by atoms with E-state index in [0.29, 0.717) is 26.1 Å². The number of aliphatic hydroxyl groups excluding tert-OH is 1. The largest absolute Gasteiger partial charge is 0.394 e. The van der Waals surface area contributed by atoms with Crippen LogP contribution in [0, 0.1) is 11.5 Å². The molecule has 0 aromatic rings. The quantitative estimate of drug-likeness (QED) is 0.421. The van der Waals surface area contributed by atoms with Crippen LogP contribution in [0.3, 0.4) is 0 Å². The molecule has 1 heterocycles. The molecule has 0 aliphatic carbocycles. The molecule has 0 aromatic heterocycles. The number of nitriles is 1. The Balaban J connectivity index is 2.51. The zero-order valence-corrected chi connectivity index (χ0v) is 6.34. The van der Waals surface area contributed by atoms with Crippen LogP contribution < -0.4 is 5.32 Å². The van der Waals surface area contributed by atoms with Crippen LogP contribution in [-0.4, -0.2) is 30.5 Å². The van der Waals surface area contributed by atoms with Gasteiger partial charge in [0.2, 0.25) is 0 Å². The SMILES string of the molecule is N#CNC1(CO)CCOCC1. The number of rotatable bonds is 2. The lowest BCUT2D eigenvalue weighted by atomic mass is 9.91. The van der Waals surface area contributed by atoms with Crippen molar-refractivity contribution in [3.8, 4) is 6.19 Å². The highest BCUT2D eigenvalue weighted by Crippen LogP contribution is 2.19. The average molecular weight is 156 g/mol. The first-order valence-electron chi connectivity index (χ1n) is 3.68. The maximum Gasteiger partial charge on any atom is 0.177 e. The van der Waals surface area contributed by atoms with Gasteiger partial charge < -0.3 is 15.2 Å². The maximum absolute atomic E-state index is 9.00. The number of hydrogen-bond acceptors (Lipinski definition) is 4. The van der Waals surface area contributed by atoms with Crippen LogP contribution in [0.25, 0.3) is 0 Å². The first-order valence-corrected chi connectivity index (χ1v) is 3.68. The summed E-state index contributed by atoms with van der Waals surface area (Å²) in [5, 5.41) is 20.0. The van der Waals surface area contributed by atoms with Crippen LogP contribution in [0.4, 0.5) is 0 Å². The summed E-state index contributed by atoms with van der Waals surface area (Å²) in [5.74, 6) is 0. The summed E-state index contributed by atoms with van der Waals surface area (Å²) in [6.45, 7) is 1.24. The highest BCUT2D eigenvalue weighted by atomic mass is 16.5. The summed E-state index contributed by atoms with van der Waals surface area (Å²) < 4.78 is 5.11. The molecule has 2 N–H and O–H groups in total. The lowest BCUT2D eigenvalue weighted by Gasteiger charge is -2.33. The Hall–Kier alpha value is -0.790. The summed E-state index contributed by atoms with van der Waals surface area (Å²) in [6, 6.07) is 0. The highest BCUT2D eigenvalue weighted by molar-refractivity contribution is 4.94. The van der Waals surface area contributed by atoms with E-state index in [0.717, 1.165) is 0 Å². The summed E-state index contributed by atoms with van der Waals surface area (Å²) in [6.07, 6.45) is 3.27. The molecule has 0 amide bonds. The lowest BCUT2D eigenvalue weighted by molar-refractivity contribution is 0.0191. The first kappa shape index (κ1) is 8.31. The van der Waals surface area contributed by atoms with Crippen molar-refractivity contribution in [1.29, 1.82) is 5.26 Å². The topological polar surface area (TPSA) is 65.3 Å². The molecule has 0 radical (unpaired) electrons. The van der Waals surface area contributed by atoms with Crippen LogP contribution in [0.15, 0.2) is 0 Å². The summed E-state index contributed by atoms with van der Waals surface area (Å²) in [4.78, 5) is 0. The van der Waals surface area contributed by atoms with Crippen molar-refractivity contribution >= 4 is 0 Å². The second-order valence-corrected chi connectivity index (χ2v) is 2.79. The Morgan fingerprint density at radius 3 is 2.64 bits per heavy atom. The third-order valence-electron chi connectivity index (χ3n) is 2.07. The fraction of sp³-hybridized carbons (Fsp3) is 0.857. The zero-order chi connectivity index (χ0) is 8.16. The van der Waals surface area contributed by atoms with E-state index < -0.39 is 5.54 Å². The van der Waals surface area contributed by atoms with Crippen LogP contribution in [0.1, 0.15) is 12.8 Å². The monoisotopic (exact) mass is 156 g/mol. The third-order valence-corrected chi connectivity index (χ3v) is 2.07. The Morgan fingerprint density at radius 1 is 1.55 bits per heavy atom. The van der Waals surface area contributed by atoms with Crippen molar-refractivity contribution in [2.45, 2.75) is 18.4 Å². The molecule has 0 unspecified atom stereocenters. The molecule has 11 heavy (non-hydrogen) atoms. The van der Waals surface area contributed by atoms with E-state index >= 15 is 0 Å². The Morgan fingerprint density at radius 2 is 2.18 bits per heavy atom. The van der Waals surface area contributed by atoms with Gasteiger partial charge in [0.25, 0.3) is 0 Å². The summed E-state index contributed by atoms with van der Waals surface area (Å²) in [5.41, 5.74) is -0.410. The molecule has 0 spiro atoms. The third kappa shape index (κ3) is 1.82. The number of ether oxygens (including phenoxy) is 1. The highest BCUT2D eigenvalue weighted by Gasteiger charge is 2.31. The van der Waals surface area contributed by atoms with Gasteiger partial charge in [-0.3, -0.25) is 0 Å². The van der Waals surface area contributed by atoms with E-state index in [9.17, 15) is 0 Å². The van der Waals surface area contributed by atoms with Gasteiger partial charge in [0.15, 0.2) is 6.19 Å². The molecule has 0 saturated carbocycles. The molecule has 62 valence electrons. The smallest absolute Gasteiger partial charge is 0.177 e. The van der Waals surface area contributed by atoms with Gasteiger partial charge in [-0.05, 0) is 12.8 Å². The molecule has 1 rings (SSSR count). The molecule has 1 aliphatic heterocycles. The standard InChI is InChI=1S/C7H12N2O2/c8-6-9-7(5-10)1-3-11-4-2-7/h9-10H,1-5H2. The van der Waals surface area contributed by atoms with E-state index in [1.165, 1.54) is 0 Å². The van der Waals surface area contributed by atoms with Gasteiger partial charge in [-0.25, -0.2) is 0 Å². The van der Waals surface area contributed by atoms with Crippen LogP contribution in [0.2, 0.25) is 0 Å². The summed E-state index contributed by atoms with van der Waals surface area (Å²) in [7, 11) is 0. The first-order chi connectivity index (χ1) is 5.33. The molecule has 4 heteroatoms. The molecule has 0 bridgehead atoms. The fourth-order valence-corrected chi connectivity index (χ4v) is 1.20. The van der Waals surface area contributed by atoms with Gasteiger partial charge in [0.1, 0.15) is 0 Å². The lowest BCUT2D eigenvalue weighted by Crippen LogP contribution is -2.50. The van der Waals surface area contributed by atoms with E-state index in [1.807, 2.05) is 6.19 Å². The minimum Gasteiger partial charge on any atom is -0.394 e. The van der Waals surface area contributed by atoms with E-state index in [1.54, 1.807) is 0 Å². The van der Waals surface area contributed by atoms with Gasteiger partial charge in [-0.2, -0.15) is 5.26 Å². The van der Waals surface area contributed by atoms with Gasteiger partial charge in [-0.15, -0.1) is 0 Å². The van der Waals surface area contributed by atoms with E-state index in [2.05, 4.69) is 5.32 Å². The van der Waals surface area contributed by atoms with Gasteiger partial charge >= 0.3 is 0 Å². The predicted octanol–water partition coefficient (Wildman–Crippen LogP) is -0.401. The van der Waals surface area contributed by atoms with Crippen molar-refractivity contribution in [3.63, 3.8) is 0 Å². The molecule has 4 nitrogen and oxygen atoms in total. The van der Waals surface area contributed by atoms with Gasteiger partial charge in [0.05, 0.1) is 12.1 Å². The second kappa shape index (κ2) is 3.56. The molecular formula is C7H12N2O2. The zero-order valence-electron chi connectivity index (χ0n) is 6.34. The minimum absolute atomic E-state index is 0.00389. The van der Waals surface area contributed by atoms with Crippen molar-refractivity contribution in [1.82, 2.24) is 5.32 Å². The fourth-order valence-electron chi connectivity index (χ4n) is 1.20. The Kier molecular flexibility index (Phi) is 2.69. The minimum atomic E-state index is -0.410. The Bertz CT molecular complexity index is 158.